The minimum atomic E-state index is 0.498. The smallest absolute Gasteiger partial charge is 0.150 e. The summed E-state index contributed by atoms with van der Waals surface area (Å²) < 4.78 is 1.96. The van der Waals surface area contributed by atoms with Gasteiger partial charge in [-0.2, -0.15) is 0 Å². The van der Waals surface area contributed by atoms with Crippen LogP contribution < -0.4 is 5.73 Å². The van der Waals surface area contributed by atoms with Crippen molar-refractivity contribution in [2.75, 3.05) is 5.73 Å². The molecule has 0 radical (unpaired) electrons. The lowest BCUT2D eigenvalue weighted by molar-refractivity contribution is 1.03. The monoisotopic (exact) mass is 241 g/mol. The van der Waals surface area contributed by atoms with Gasteiger partial charge in [-0.25, -0.2) is 9.97 Å². The molecule has 5 heteroatoms. The van der Waals surface area contributed by atoms with Gasteiger partial charge in [0, 0.05) is 18.1 Å². The van der Waals surface area contributed by atoms with Crippen LogP contribution in [0.5, 0.6) is 0 Å². The van der Waals surface area contributed by atoms with Crippen molar-refractivity contribution in [3.8, 4) is 11.4 Å². The summed E-state index contributed by atoms with van der Waals surface area (Å²) in [5.74, 6) is 1.40. The van der Waals surface area contributed by atoms with Crippen LogP contribution in [0, 0.1) is 20.8 Å². The molecule has 0 saturated heterocycles. The summed E-state index contributed by atoms with van der Waals surface area (Å²) in [6.07, 6.45) is 3.56. The van der Waals surface area contributed by atoms with Gasteiger partial charge < -0.3 is 10.7 Å². The highest BCUT2D eigenvalue weighted by Crippen LogP contribution is 2.28. The van der Waals surface area contributed by atoms with Gasteiger partial charge in [-0.3, -0.25) is 4.40 Å². The molecule has 5 nitrogen and oxygen atoms in total. The van der Waals surface area contributed by atoms with E-state index in [1.807, 2.05) is 24.4 Å². The summed E-state index contributed by atoms with van der Waals surface area (Å²) in [6, 6.07) is 2.09. The molecule has 3 aromatic rings. The van der Waals surface area contributed by atoms with E-state index in [0.717, 1.165) is 28.4 Å². The maximum absolute atomic E-state index is 5.97. The zero-order valence-electron chi connectivity index (χ0n) is 10.7. The molecule has 3 rings (SSSR count). The van der Waals surface area contributed by atoms with E-state index in [9.17, 15) is 0 Å². The predicted molar refractivity (Wildman–Crippen MR) is 71.4 cm³/mol. The number of nitrogens with zero attached hydrogens (tertiary/aromatic N) is 3. The number of hydrogen-bond donors (Lipinski definition) is 2. The molecule has 0 aliphatic heterocycles. The minimum Gasteiger partial charge on any atom is -0.382 e. The lowest BCUT2D eigenvalue weighted by atomic mass is 10.2. The fourth-order valence-electron chi connectivity index (χ4n) is 2.19. The molecule has 0 aliphatic carbocycles. The molecule has 0 atom stereocenters. The first-order valence-corrected chi connectivity index (χ1v) is 5.83. The van der Waals surface area contributed by atoms with Crippen LogP contribution in [0.3, 0.4) is 0 Å². The average molecular weight is 241 g/mol. The van der Waals surface area contributed by atoms with Gasteiger partial charge in [-0.05, 0) is 32.4 Å². The maximum atomic E-state index is 5.97. The number of H-pyrrole nitrogens is 1. The van der Waals surface area contributed by atoms with E-state index < -0.39 is 0 Å². The quantitative estimate of drug-likeness (QED) is 0.686. The standard InChI is InChI=1S/C13H15N5/c1-7-6-10(16-8(7)2)11-12-13(14)15-4-5-18(12)9(3)17-11/h4-6,16H,1-3H3,(H2,14,15). The fraction of sp³-hybridized carbons (Fsp3) is 0.231. The van der Waals surface area contributed by atoms with Gasteiger partial charge in [0.1, 0.15) is 22.9 Å². The van der Waals surface area contributed by atoms with Crippen molar-refractivity contribution in [3.63, 3.8) is 0 Å². The molecule has 0 bridgehead atoms. The van der Waals surface area contributed by atoms with E-state index in [1.54, 1.807) is 6.20 Å². The summed E-state index contributed by atoms with van der Waals surface area (Å²) >= 11 is 0. The molecule has 0 spiro atoms. The number of fused-ring (bicyclic) bond motifs is 1. The van der Waals surface area contributed by atoms with Crippen molar-refractivity contribution in [2.45, 2.75) is 20.8 Å². The third-order valence-corrected chi connectivity index (χ3v) is 3.29. The van der Waals surface area contributed by atoms with Crippen molar-refractivity contribution in [1.29, 1.82) is 0 Å². The molecule has 18 heavy (non-hydrogen) atoms. The van der Waals surface area contributed by atoms with Crippen LogP contribution in [-0.2, 0) is 0 Å². The second kappa shape index (κ2) is 3.60. The van der Waals surface area contributed by atoms with E-state index in [-0.39, 0.29) is 0 Å². The van der Waals surface area contributed by atoms with Crippen LogP contribution in [-0.4, -0.2) is 19.4 Å². The summed E-state index contributed by atoms with van der Waals surface area (Å²) in [5.41, 5.74) is 11.0. The van der Waals surface area contributed by atoms with E-state index in [2.05, 4.69) is 27.9 Å². The van der Waals surface area contributed by atoms with Gasteiger partial charge in [-0.15, -0.1) is 0 Å². The Morgan fingerprint density at radius 1 is 1.28 bits per heavy atom. The molecule has 0 fully saturated rings. The normalized spacial score (nSPS) is 11.3. The topological polar surface area (TPSA) is 72.0 Å². The highest BCUT2D eigenvalue weighted by atomic mass is 15.1. The molecule has 0 saturated carbocycles. The Morgan fingerprint density at radius 3 is 2.72 bits per heavy atom. The van der Waals surface area contributed by atoms with Crippen LogP contribution in [0.4, 0.5) is 5.82 Å². The molecular weight excluding hydrogens is 226 g/mol. The third kappa shape index (κ3) is 1.40. The fourth-order valence-corrected chi connectivity index (χ4v) is 2.19. The Hall–Kier alpha value is -2.30. The molecule has 92 valence electrons. The lowest BCUT2D eigenvalue weighted by Gasteiger charge is -1.99. The Kier molecular flexibility index (Phi) is 2.16. The SMILES string of the molecule is Cc1cc(-c2nc(C)n3ccnc(N)c23)[nH]c1C. The van der Waals surface area contributed by atoms with E-state index in [0.29, 0.717) is 5.82 Å². The number of hydrogen-bond acceptors (Lipinski definition) is 3. The largest absolute Gasteiger partial charge is 0.382 e. The van der Waals surface area contributed by atoms with Crippen LogP contribution in [0.25, 0.3) is 16.9 Å². The molecule has 3 N–H and O–H groups in total. The molecule has 3 heterocycles. The van der Waals surface area contributed by atoms with Crippen LogP contribution in [0.1, 0.15) is 17.1 Å². The van der Waals surface area contributed by atoms with Crippen LogP contribution in [0.2, 0.25) is 0 Å². The van der Waals surface area contributed by atoms with Crippen molar-refractivity contribution in [1.82, 2.24) is 19.4 Å². The van der Waals surface area contributed by atoms with Gasteiger partial charge in [-0.1, -0.05) is 0 Å². The van der Waals surface area contributed by atoms with Crippen molar-refractivity contribution in [2.24, 2.45) is 0 Å². The molecule has 0 unspecified atom stereocenters. The average Bonchev–Trinajstić information content (AvgIpc) is 2.83. The van der Waals surface area contributed by atoms with Crippen LogP contribution in [0.15, 0.2) is 18.5 Å². The lowest BCUT2D eigenvalue weighted by Crippen LogP contribution is -1.96. The molecule has 0 amide bonds. The highest BCUT2D eigenvalue weighted by molar-refractivity contribution is 5.84. The minimum absolute atomic E-state index is 0.498. The Balaban J connectivity index is 2.36. The zero-order valence-corrected chi connectivity index (χ0v) is 10.7. The van der Waals surface area contributed by atoms with Gasteiger partial charge in [0.05, 0.1) is 5.69 Å². The molecule has 3 aromatic heterocycles. The first-order chi connectivity index (χ1) is 8.58. The van der Waals surface area contributed by atoms with E-state index >= 15 is 0 Å². The second-order valence-corrected chi connectivity index (χ2v) is 4.53. The van der Waals surface area contributed by atoms with Crippen LogP contribution >= 0.6 is 0 Å². The Labute approximate surface area is 105 Å². The number of anilines is 1. The summed E-state index contributed by atoms with van der Waals surface area (Å²) in [5, 5.41) is 0. The van der Waals surface area contributed by atoms with Crippen molar-refractivity contribution in [3.05, 3.63) is 35.5 Å². The van der Waals surface area contributed by atoms with Gasteiger partial charge >= 0.3 is 0 Å². The highest BCUT2D eigenvalue weighted by Gasteiger charge is 2.15. The number of nitrogens with two attached hydrogens (primary N) is 1. The second-order valence-electron chi connectivity index (χ2n) is 4.53. The summed E-state index contributed by atoms with van der Waals surface area (Å²) in [7, 11) is 0. The molecular formula is C13H15N5. The molecule has 0 aromatic carbocycles. The number of nitrogen functional groups attached to an aromatic ring is 1. The van der Waals surface area contributed by atoms with Crippen molar-refractivity contribution >= 4 is 11.3 Å². The number of aromatic nitrogens is 4. The third-order valence-electron chi connectivity index (χ3n) is 3.29. The van der Waals surface area contributed by atoms with Gasteiger partial charge in [0.2, 0.25) is 0 Å². The Bertz CT molecular complexity index is 716. The zero-order chi connectivity index (χ0) is 12.9. The summed E-state index contributed by atoms with van der Waals surface area (Å²) in [4.78, 5) is 12.1. The first-order valence-electron chi connectivity index (χ1n) is 5.83. The molecule has 0 aliphatic rings. The Morgan fingerprint density at radius 2 is 2.06 bits per heavy atom. The summed E-state index contributed by atoms with van der Waals surface area (Å²) in [6.45, 7) is 6.08. The first kappa shape index (κ1) is 10.8. The van der Waals surface area contributed by atoms with E-state index in [1.165, 1.54) is 5.56 Å². The van der Waals surface area contributed by atoms with E-state index in [4.69, 9.17) is 5.73 Å². The number of aryl methyl sites for hydroxylation is 3. The van der Waals surface area contributed by atoms with Gasteiger partial charge in [0.25, 0.3) is 0 Å². The predicted octanol–water partition coefficient (Wildman–Crippen LogP) is 2.23. The van der Waals surface area contributed by atoms with Crippen molar-refractivity contribution < 1.29 is 0 Å². The van der Waals surface area contributed by atoms with Gasteiger partial charge in [0.15, 0.2) is 0 Å². The number of aromatic amines is 1. The maximum Gasteiger partial charge on any atom is 0.150 e. The number of rotatable bonds is 1. The number of imidazole rings is 1. The number of nitrogens with one attached hydrogen (secondary N) is 1.